The molecule has 1 aliphatic carbocycles. The van der Waals surface area contributed by atoms with E-state index in [1.807, 2.05) is 0 Å². The fourth-order valence-corrected chi connectivity index (χ4v) is 2.10. The smallest absolute Gasteiger partial charge is 0.331 e. The molecule has 0 aliphatic heterocycles. The Labute approximate surface area is 93.3 Å². The number of rotatable bonds is 3. The molecule has 5 nitrogen and oxygen atoms in total. The Balaban J connectivity index is 3.31. The fraction of sp³-hybridized carbons (Fsp3) is 0.455. The summed E-state index contributed by atoms with van der Waals surface area (Å²) < 4.78 is 0. The van der Waals surface area contributed by atoms with Gasteiger partial charge in [0.2, 0.25) is 0 Å². The van der Waals surface area contributed by atoms with E-state index in [1.165, 1.54) is 12.2 Å². The first-order chi connectivity index (χ1) is 7.32. The first kappa shape index (κ1) is 12.4. The molecule has 0 saturated heterocycles. The summed E-state index contributed by atoms with van der Waals surface area (Å²) in [4.78, 5) is 22.2. The largest absolute Gasteiger partial charge is 0.480 e. The second-order valence-electron chi connectivity index (χ2n) is 3.99. The van der Waals surface area contributed by atoms with E-state index in [1.54, 1.807) is 13.8 Å². The molecule has 0 heterocycles. The lowest BCUT2D eigenvalue weighted by molar-refractivity contribution is -0.143. The Kier molecular flexibility index (Phi) is 3.19. The highest BCUT2D eigenvalue weighted by molar-refractivity contribution is 5.93. The highest BCUT2D eigenvalue weighted by atomic mass is 16.4. The predicted molar refractivity (Wildman–Crippen MR) is 57.8 cm³/mol. The van der Waals surface area contributed by atoms with Crippen LogP contribution in [0.15, 0.2) is 23.3 Å². The van der Waals surface area contributed by atoms with Gasteiger partial charge in [0.15, 0.2) is 0 Å². The van der Waals surface area contributed by atoms with Crippen LogP contribution in [-0.4, -0.2) is 27.7 Å². The molecule has 0 fully saturated rings. The van der Waals surface area contributed by atoms with Crippen molar-refractivity contribution < 1.29 is 19.8 Å². The van der Waals surface area contributed by atoms with E-state index >= 15 is 0 Å². The average molecular weight is 225 g/mol. The van der Waals surface area contributed by atoms with Gasteiger partial charge < -0.3 is 15.9 Å². The SMILES string of the molecule is CCC1C(C(=O)O)=CC(C)=CC1(N)C(=O)O. The molecule has 0 radical (unpaired) electrons. The number of allylic oxidation sites excluding steroid dienone is 2. The lowest BCUT2D eigenvalue weighted by Crippen LogP contribution is -2.55. The van der Waals surface area contributed by atoms with Gasteiger partial charge in [-0.25, -0.2) is 9.59 Å². The molecule has 1 aliphatic rings. The molecule has 0 spiro atoms. The van der Waals surface area contributed by atoms with Gasteiger partial charge in [-0.05, 0) is 25.5 Å². The lowest BCUT2D eigenvalue weighted by Gasteiger charge is -2.34. The van der Waals surface area contributed by atoms with Crippen LogP contribution in [-0.2, 0) is 9.59 Å². The zero-order chi connectivity index (χ0) is 12.5. The van der Waals surface area contributed by atoms with Crippen LogP contribution in [0.3, 0.4) is 0 Å². The average Bonchev–Trinajstić information content (AvgIpc) is 2.16. The molecule has 1 rings (SSSR count). The third-order valence-electron chi connectivity index (χ3n) is 2.83. The van der Waals surface area contributed by atoms with Crippen LogP contribution >= 0.6 is 0 Å². The van der Waals surface area contributed by atoms with E-state index in [9.17, 15) is 9.59 Å². The monoisotopic (exact) mass is 225 g/mol. The summed E-state index contributed by atoms with van der Waals surface area (Å²) in [5.74, 6) is -3.02. The molecular weight excluding hydrogens is 210 g/mol. The number of carbonyl (C=O) groups is 2. The topological polar surface area (TPSA) is 101 Å². The summed E-state index contributed by atoms with van der Waals surface area (Å²) in [6.45, 7) is 3.36. The minimum Gasteiger partial charge on any atom is -0.480 e. The first-order valence-corrected chi connectivity index (χ1v) is 4.99. The van der Waals surface area contributed by atoms with E-state index in [0.29, 0.717) is 12.0 Å². The van der Waals surface area contributed by atoms with Crippen LogP contribution < -0.4 is 5.73 Å². The van der Waals surface area contributed by atoms with Crippen molar-refractivity contribution in [3.63, 3.8) is 0 Å². The molecule has 16 heavy (non-hydrogen) atoms. The van der Waals surface area contributed by atoms with Gasteiger partial charge >= 0.3 is 11.9 Å². The molecule has 0 aromatic carbocycles. The second kappa shape index (κ2) is 4.09. The zero-order valence-electron chi connectivity index (χ0n) is 9.23. The van der Waals surface area contributed by atoms with E-state index < -0.39 is 23.4 Å². The summed E-state index contributed by atoms with van der Waals surface area (Å²) in [5, 5.41) is 18.2. The summed E-state index contributed by atoms with van der Waals surface area (Å²) in [6, 6.07) is 0. The number of carboxylic acids is 2. The quantitative estimate of drug-likeness (QED) is 0.658. The molecule has 2 atom stereocenters. The van der Waals surface area contributed by atoms with Gasteiger partial charge in [-0.2, -0.15) is 0 Å². The Hall–Kier alpha value is -1.62. The van der Waals surface area contributed by atoms with Crippen molar-refractivity contribution in [2.24, 2.45) is 11.7 Å². The maximum atomic E-state index is 11.2. The van der Waals surface area contributed by atoms with Gasteiger partial charge in [0.25, 0.3) is 0 Å². The van der Waals surface area contributed by atoms with Gasteiger partial charge in [0.05, 0.1) is 0 Å². The molecule has 5 heteroatoms. The molecule has 0 bridgehead atoms. The zero-order valence-corrected chi connectivity index (χ0v) is 9.23. The van der Waals surface area contributed by atoms with Crippen molar-refractivity contribution in [2.45, 2.75) is 25.8 Å². The molecule has 0 saturated carbocycles. The van der Waals surface area contributed by atoms with Crippen molar-refractivity contribution in [3.8, 4) is 0 Å². The van der Waals surface area contributed by atoms with E-state index in [-0.39, 0.29) is 5.57 Å². The van der Waals surface area contributed by atoms with Gasteiger partial charge in [0.1, 0.15) is 5.54 Å². The van der Waals surface area contributed by atoms with Crippen LogP contribution in [0.4, 0.5) is 0 Å². The maximum absolute atomic E-state index is 11.2. The van der Waals surface area contributed by atoms with Gasteiger partial charge in [0, 0.05) is 11.5 Å². The number of carboxylic acid groups (broad SMARTS) is 2. The van der Waals surface area contributed by atoms with Gasteiger partial charge in [-0.1, -0.05) is 12.5 Å². The van der Waals surface area contributed by atoms with Crippen LogP contribution in [0.5, 0.6) is 0 Å². The van der Waals surface area contributed by atoms with E-state index in [2.05, 4.69) is 0 Å². The third kappa shape index (κ3) is 1.86. The number of hydrogen-bond donors (Lipinski definition) is 3. The minimum absolute atomic E-state index is 0.0624. The fourth-order valence-electron chi connectivity index (χ4n) is 2.10. The summed E-state index contributed by atoms with van der Waals surface area (Å²) in [7, 11) is 0. The van der Waals surface area contributed by atoms with E-state index in [0.717, 1.165) is 0 Å². The number of aliphatic carboxylic acids is 2. The number of nitrogens with two attached hydrogens (primary N) is 1. The summed E-state index contributed by atoms with van der Waals surface area (Å²) in [5.41, 5.74) is 4.80. The normalized spacial score (nSPS) is 29.3. The minimum atomic E-state index is -1.62. The van der Waals surface area contributed by atoms with Crippen LogP contribution in [0, 0.1) is 5.92 Å². The molecule has 2 unspecified atom stereocenters. The summed E-state index contributed by atoms with van der Waals surface area (Å²) in [6.07, 6.45) is 3.26. The standard InChI is InChI=1S/C11H15NO4/c1-3-8-7(9(13)14)4-6(2)5-11(8,12)10(15)16/h4-5,8H,3,12H2,1-2H3,(H,13,14)(H,15,16). The maximum Gasteiger partial charge on any atom is 0.331 e. The Morgan fingerprint density at radius 3 is 2.44 bits per heavy atom. The van der Waals surface area contributed by atoms with Crippen molar-refractivity contribution in [2.75, 3.05) is 0 Å². The molecule has 0 aromatic rings. The van der Waals surface area contributed by atoms with E-state index in [4.69, 9.17) is 15.9 Å². The second-order valence-corrected chi connectivity index (χ2v) is 3.99. The van der Waals surface area contributed by atoms with Crippen molar-refractivity contribution in [1.82, 2.24) is 0 Å². The highest BCUT2D eigenvalue weighted by Crippen LogP contribution is 2.33. The predicted octanol–water partition coefficient (Wildman–Crippen LogP) is 0.766. The number of hydrogen-bond acceptors (Lipinski definition) is 3. The van der Waals surface area contributed by atoms with Crippen LogP contribution in [0.1, 0.15) is 20.3 Å². The van der Waals surface area contributed by atoms with Crippen molar-refractivity contribution in [3.05, 3.63) is 23.3 Å². The summed E-state index contributed by atoms with van der Waals surface area (Å²) >= 11 is 0. The first-order valence-electron chi connectivity index (χ1n) is 4.99. The Morgan fingerprint density at radius 2 is 2.06 bits per heavy atom. The molecule has 0 aromatic heterocycles. The molecule has 0 amide bonds. The van der Waals surface area contributed by atoms with Crippen LogP contribution in [0.2, 0.25) is 0 Å². The van der Waals surface area contributed by atoms with Gasteiger partial charge in [-0.15, -0.1) is 0 Å². The molecule has 4 N–H and O–H groups in total. The Bertz CT molecular complexity index is 397. The van der Waals surface area contributed by atoms with Crippen molar-refractivity contribution in [1.29, 1.82) is 0 Å². The van der Waals surface area contributed by atoms with Crippen LogP contribution in [0.25, 0.3) is 0 Å². The Morgan fingerprint density at radius 1 is 1.50 bits per heavy atom. The highest BCUT2D eigenvalue weighted by Gasteiger charge is 2.45. The third-order valence-corrected chi connectivity index (χ3v) is 2.83. The lowest BCUT2D eigenvalue weighted by atomic mass is 9.73. The molecular formula is C11H15NO4. The van der Waals surface area contributed by atoms with Crippen molar-refractivity contribution >= 4 is 11.9 Å². The van der Waals surface area contributed by atoms with Gasteiger partial charge in [-0.3, -0.25) is 0 Å². The molecule has 88 valence electrons.